The van der Waals surface area contributed by atoms with Crippen LogP contribution < -0.4 is 0 Å². The maximum atomic E-state index is 4.95. The van der Waals surface area contributed by atoms with Gasteiger partial charge < -0.3 is 0 Å². The highest BCUT2D eigenvalue weighted by Crippen LogP contribution is 2.32. The van der Waals surface area contributed by atoms with Crippen LogP contribution in [0.25, 0.3) is 22.2 Å². The van der Waals surface area contributed by atoms with Crippen LogP contribution in [0.15, 0.2) is 53.0 Å². The Hall–Kier alpha value is -1.65. The van der Waals surface area contributed by atoms with Gasteiger partial charge in [0.05, 0.1) is 5.52 Å². The van der Waals surface area contributed by atoms with E-state index in [1.165, 1.54) is 10.9 Å². The van der Waals surface area contributed by atoms with Crippen LogP contribution in [0.4, 0.5) is 0 Å². The Morgan fingerprint density at radius 2 is 1.86 bits per heavy atom. The quantitative estimate of drug-likeness (QED) is 0.659. The maximum absolute atomic E-state index is 4.95. The molecule has 4 heteroatoms. The Kier molecular flexibility index (Phi) is 4.32. The third-order valence-electron chi connectivity index (χ3n) is 3.96. The van der Waals surface area contributed by atoms with Crippen molar-refractivity contribution in [1.29, 1.82) is 0 Å². The number of aromatic nitrogens is 2. The van der Waals surface area contributed by atoms with Gasteiger partial charge >= 0.3 is 0 Å². The van der Waals surface area contributed by atoms with Crippen molar-refractivity contribution in [3.05, 3.63) is 53.0 Å². The zero-order valence-electron chi connectivity index (χ0n) is 13.1. The van der Waals surface area contributed by atoms with E-state index in [4.69, 9.17) is 5.10 Å². The number of nitrogens with zero attached hydrogens (tertiary/aromatic N) is 3. The molecule has 0 bridgehead atoms. The zero-order chi connectivity index (χ0) is 15.7. The van der Waals surface area contributed by atoms with E-state index in [9.17, 15) is 0 Å². The lowest BCUT2D eigenvalue weighted by atomic mass is 10.1. The van der Waals surface area contributed by atoms with Gasteiger partial charge in [-0.25, -0.2) is 4.68 Å². The molecule has 3 nitrogen and oxygen atoms in total. The minimum absolute atomic E-state index is 0.251. The smallest absolute Gasteiger partial charge is 0.104 e. The first-order valence-electron chi connectivity index (χ1n) is 7.51. The molecular formula is C18H20BrN3. The predicted molar refractivity (Wildman–Crippen MR) is 95.9 cm³/mol. The minimum atomic E-state index is 0.251. The Bertz CT molecular complexity index is 778. The molecule has 1 heterocycles. The van der Waals surface area contributed by atoms with E-state index < -0.39 is 0 Å². The summed E-state index contributed by atoms with van der Waals surface area (Å²) >= 11 is 3.58. The van der Waals surface area contributed by atoms with Crippen LogP contribution in [-0.4, -0.2) is 28.8 Å². The van der Waals surface area contributed by atoms with E-state index in [2.05, 4.69) is 89.0 Å². The third-order valence-corrected chi connectivity index (χ3v) is 4.45. The van der Waals surface area contributed by atoms with E-state index in [0.29, 0.717) is 0 Å². The van der Waals surface area contributed by atoms with Crippen molar-refractivity contribution in [1.82, 2.24) is 14.7 Å². The first kappa shape index (κ1) is 15.3. The highest BCUT2D eigenvalue weighted by atomic mass is 79.9. The molecule has 0 saturated heterocycles. The van der Waals surface area contributed by atoms with Gasteiger partial charge in [0, 0.05) is 15.4 Å². The zero-order valence-corrected chi connectivity index (χ0v) is 14.7. The molecule has 0 aliphatic carbocycles. The molecular weight excluding hydrogens is 338 g/mol. The number of halogens is 1. The average molecular weight is 358 g/mol. The Morgan fingerprint density at radius 3 is 2.50 bits per heavy atom. The van der Waals surface area contributed by atoms with Crippen LogP contribution in [0.1, 0.15) is 19.5 Å². The van der Waals surface area contributed by atoms with Gasteiger partial charge in [0.2, 0.25) is 0 Å². The fourth-order valence-corrected chi connectivity index (χ4v) is 3.27. The highest BCUT2D eigenvalue weighted by molar-refractivity contribution is 9.10. The molecule has 2 aromatic carbocycles. The molecule has 0 saturated carbocycles. The van der Waals surface area contributed by atoms with Gasteiger partial charge in [0.25, 0.3) is 0 Å². The Balaban J connectivity index is 2.27. The van der Waals surface area contributed by atoms with Crippen LogP contribution >= 0.6 is 15.9 Å². The minimum Gasteiger partial charge on any atom is -0.288 e. The molecule has 3 rings (SSSR count). The Morgan fingerprint density at radius 1 is 1.14 bits per heavy atom. The van der Waals surface area contributed by atoms with Gasteiger partial charge in [-0.05, 0) is 38.7 Å². The number of fused-ring (bicyclic) bond motifs is 1. The van der Waals surface area contributed by atoms with Gasteiger partial charge in [-0.3, -0.25) is 4.90 Å². The van der Waals surface area contributed by atoms with Crippen molar-refractivity contribution in [3.8, 4) is 11.3 Å². The van der Waals surface area contributed by atoms with E-state index in [-0.39, 0.29) is 6.17 Å². The summed E-state index contributed by atoms with van der Waals surface area (Å²) in [6.07, 6.45) is 1.26. The monoisotopic (exact) mass is 357 g/mol. The summed E-state index contributed by atoms with van der Waals surface area (Å²) in [5.74, 6) is 0. The van der Waals surface area contributed by atoms with Gasteiger partial charge in [-0.2, -0.15) is 5.10 Å². The van der Waals surface area contributed by atoms with Crippen molar-refractivity contribution >= 4 is 26.8 Å². The number of hydrogen-bond acceptors (Lipinski definition) is 2. The van der Waals surface area contributed by atoms with Crippen LogP contribution in [-0.2, 0) is 0 Å². The van der Waals surface area contributed by atoms with E-state index in [1.54, 1.807) is 0 Å². The van der Waals surface area contributed by atoms with Gasteiger partial charge in [-0.15, -0.1) is 0 Å². The molecule has 1 unspecified atom stereocenters. The normalized spacial score (nSPS) is 13.0. The van der Waals surface area contributed by atoms with Crippen molar-refractivity contribution in [2.24, 2.45) is 0 Å². The second kappa shape index (κ2) is 6.23. The molecule has 114 valence electrons. The summed E-state index contributed by atoms with van der Waals surface area (Å²) < 4.78 is 3.22. The van der Waals surface area contributed by atoms with E-state index >= 15 is 0 Å². The molecule has 0 spiro atoms. The molecule has 22 heavy (non-hydrogen) atoms. The number of benzene rings is 2. The van der Waals surface area contributed by atoms with Crippen LogP contribution in [0, 0.1) is 0 Å². The lowest BCUT2D eigenvalue weighted by Crippen LogP contribution is -2.25. The lowest BCUT2D eigenvalue weighted by Gasteiger charge is -2.24. The van der Waals surface area contributed by atoms with Crippen LogP contribution in [0.3, 0.4) is 0 Å². The van der Waals surface area contributed by atoms with Gasteiger partial charge in [0.15, 0.2) is 0 Å². The van der Waals surface area contributed by atoms with Crippen molar-refractivity contribution < 1.29 is 0 Å². The van der Waals surface area contributed by atoms with Crippen molar-refractivity contribution in [3.63, 3.8) is 0 Å². The molecule has 0 aliphatic heterocycles. The largest absolute Gasteiger partial charge is 0.288 e. The second-order valence-corrected chi connectivity index (χ2v) is 6.59. The highest BCUT2D eigenvalue weighted by Gasteiger charge is 2.19. The molecule has 0 amide bonds. The first-order valence-corrected chi connectivity index (χ1v) is 8.30. The third kappa shape index (κ3) is 2.69. The number of hydrogen-bond donors (Lipinski definition) is 0. The topological polar surface area (TPSA) is 21.1 Å². The first-order chi connectivity index (χ1) is 10.6. The fraction of sp³-hybridized carbons (Fsp3) is 0.278. The van der Waals surface area contributed by atoms with Gasteiger partial charge in [-0.1, -0.05) is 53.2 Å². The van der Waals surface area contributed by atoms with Crippen LogP contribution in [0.5, 0.6) is 0 Å². The van der Waals surface area contributed by atoms with Crippen molar-refractivity contribution in [2.75, 3.05) is 14.1 Å². The average Bonchev–Trinajstić information content (AvgIpc) is 2.87. The number of rotatable bonds is 4. The Labute approximate surface area is 139 Å². The predicted octanol–water partition coefficient (Wildman–Crippen LogP) is 4.94. The summed E-state index contributed by atoms with van der Waals surface area (Å²) in [7, 11) is 4.20. The molecule has 0 N–H and O–H groups in total. The summed E-state index contributed by atoms with van der Waals surface area (Å²) in [5.41, 5.74) is 3.36. The van der Waals surface area contributed by atoms with Crippen LogP contribution in [0.2, 0.25) is 0 Å². The molecule has 0 radical (unpaired) electrons. The molecule has 1 atom stereocenters. The maximum Gasteiger partial charge on any atom is 0.104 e. The summed E-state index contributed by atoms with van der Waals surface area (Å²) in [4.78, 5) is 2.21. The SMILES string of the molecule is CCC(N(C)C)n1nc(-c2ccccc2)c2cc(Br)ccc21. The summed E-state index contributed by atoms with van der Waals surface area (Å²) in [5, 5.41) is 6.13. The van der Waals surface area contributed by atoms with E-state index in [0.717, 1.165) is 22.2 Å². The summed E-state index contributed by atoms with van der Waals surface area (Å²) in [6.45, 7) is 2.19. The standard InChI is InChI=1S/C18H20BrN3/c1-4-17(21(2)3)22-16-11-10-14(19)12-15(16)18(20-22)13-8-6-5-7-9-13/h5-12,17H,4H2,1-3H3. The summed E-state index contributed by atoms with van der Waals surface area (Å²) in [6, 6.07) is 16.8. The molecule has 3 aromatic rings. The molecule has 0 fully saturated rings. The van der Waals surface area contributed by atoms with Crippen molar-refractivity contribution in [2.45, 2.75) is 19.5 Å². The lowest BCUT2D eigenvalue weighted by molar-refractivity contribution is 0.199. The fourth-order valence-electron chi connectivity index (χ4n) is 2.91. The molecule has 0 aliphatic rings. The van der Waals surface area contributed by atoms with E-state index in [1.807, 2.05) is 6.07 Å². The second-order valence-electron chi connectivity index (χ2n) is 5.67. The molecule has 1 aromatic heterocycles. The van der Waals surface area contributed by atoms with Gasteiger partial charge in [0.1, 0.15) is 11.9 Å².